The van der Waals surface area contributed by atoms with E-state index in [-0.39, 0.29) is 0 Å². The number of hydrogen-bond donors (Lipinski definition) is 0. The van der Waals surface area contributed by atoms with E-state index in [0.29, 0.717) is 12.1 Å². The Bertz CT molecular complexity index is 345. The highest BCUT2D eigenvalue weighted by Crippen LogP contribution is 2.35. The molecule has 2 aliphatic rings. The molecule has 1 atom stereocenters. The number of rotatable bonds is 2. The van der Waals surface area contributed by atoms with Crippen molar-refractivity contribution in [1.29, 1.82) is 0 Å². The smallest absolute Gasteiger partial charge is 0.0754 e. The second kappa shape index (κ2) is 3.52. The number of anilines is 1. The summed E-state index contributed by atoms with van der Waals surface area (Å²) in [6.45, 7) is 4.92. The standard InChI is InChI=1S/C11H17N3O/c1-9-7-13(4-5-15-9)11-6-12-14(8-11)10-2-3-10/h6,8-10H,2-5,7H2,1H3. The molecule has 4 nitrogen and oxygen atoms in total. The molecular weight excluding hydrogens is 190 g/mol. The molecule has 1 aliphatic carbocycles. The van der Waals surface area contributed by atoms with Crippen molar-refractivity contribution < 1.29 is 4.74 Å². The van der Waals surface area contributed by atoms with Crippen molar-refractivity contribution in [3.05, 3.63) is 12.4 Å². The third-order valence-corrected chi connectivity index (χ3v) is 3.12. The van der Waals surface area contributed by atoms with Crippen LogP contribution in [0.1, 0.15) is 25.8 Å². The van der Waals surface area contributed by atoms with E-state index in [1.165, 1.54) is 18.5 Å². The highest BCUT2D eigenvalue weighted by Gasteiger charge is 2.25. The van der Waals surface area contributed by atoms with Gasteiger partial charge in [0.25, 0.3) is 0 Å². The molecule has 15 heavy (non-hydrogen) atoms. The van der Waals surface area contributed by atoms with Crippen LogP contribution in [0.4, 0.5) is 5.69 Å². The minimum Gasteiger partial charge on any atom is -0.375 e. The molecule has 0 aromatic carbocycles. The largest absolute Gasteiger partial charge is 0.375 e. The highest BCUT2D eigenvalue weighted by molar-refractivity contribution is 5.43. The molecule has 1 aliphatic heterocycles. The summed E-state index contributed by atoms with van der Waals surface area (Å²) in [5.74, 6) is 0. The quantitative estimate of drug-likeness (QED) is 0.735. The molecule has 1 unspecified atom stereocenters. The molecule has 1 saturated carbocycles. The van der Waals surface area contributed by atoms with Gasteiger partial charge in [-0.3, -0.25) is 4.68 Å². The van der Waals surface area contributed by atoms with Crippen LogP contribution < -0.4 is 4.90 Å². The molecule has 0 amide bonds. The number of hydrogen-bond acceptors (Lipinski definition) is 3. The van der Waals surface area contributed by atoms with Crippen molar-refractivity contribution in [3.8, 4) is 0 Å². The van der Waals surface area contributed by atoms with E-state index in [0.717, 1.165) is 19.7 Å². The van der Waals surface area contributed by atoms with E-state index in [9.17, 15) is 0 Å². The Kier molecular flexibility index (Phi) is 2.16. The van der Waals surface area contributed by atoms with Crippen LogP contribution in [-0.4, -0.2) is 35.6 Å². The summed E-state index contributed by atoms with van der Waals surface area (Å²) in [4.78, 5) is 2.36. The predicted octanol–water partition coefficient (Wildman–Crippen LogP) is 1.44. The Labute approximate surface area is 89.8 Å². The molecular formula is C11H17N3O. The summed E-state index contributed by atoms with van der Waals surface area (Å²) in [7, 11) is 0. The van der Waals surface area contributed by atoms with Crippen molar-refractivity contribution in [2.75, 3.05) is 24.6 Å². The van der Waals surface area contributed by atoms with Gasteiger partial charge in [0.05, 0.1) is 30.6 Å². The van der Waals surface area contributed by atoms with Gasteiger partial charge in [0.1, 0.15) is 0 Å². The first-order valence-corrected chi connectivity index (χ1v) is 5.73. The Morgan fingerprint density at radius 1 is 1.47 bits per heavy atom. The molecule has 3 rings (SSSR count). The normalized spacial score (nSPS) is 27.0. The van der Waals surface area contributed by atoms with Crippen molar-refractivity contribution in [2.45, 2.75) is 31.9 Å². The molecule has 0 spiro atoms. The van der Waals surface area contributed by atoms with Crippen LogP contribution in [0.3, 0.4) is 0 Å². The maximum Gasteiger partial charge on any atom is 0.0754 e. The lowest BCUT2D eigenvalue weighted by Crippen LogP contribution is -2.40. The van der Waals surface area contributed by atoms with Crippen LogP contribution in [0, 0.1) is 0 Å². The van der Waals surface area contributed by atoms with Crippen molar-refractivity contribution in [1.82, 2.24) is 9.78 Å². The van der Waals surface area contributed by atoms with Gasteiger partial charge < -0.3 is 9.64 Å². The van der Waals surface area contributed by atoms with Gasteiger partial charge in [-0.2, -0.15) is 5.10 Å². The minimum atomic E-state index is 0.336. The zero-order chi connectivity index (χ0) is 10.3. The molecule has 1 saturated heterocycles. The fourth-order valence-electron chi connectivity index (χ4n) is 2.08. The number of nitrogens with zero attached hydrogens (tertiary/aromatic N) is 3. The van der Waals surface area contributed by atoms with Crippen molar-refractivity contribution in [3.63, 3.8) is 0 Å². The van der Waals surface area contributed by atoms with Gasteiger partial charge in [0.15, 0.2) is 0 Å². The van der Waals surface area contributed by atoms with Crippen LogP contribution in [-0.2, 0) is 4.74 Å². The number of morpholine rings is 1. The molecule has 4 heteroatoms. The molecule has 82 valence electrons. The lowest BCUT2D eigenvalue weighted by molar-refractivity contribution is 0.0532. The van der Waals surface area contributed by atoms with Gasteiger partial charge in [0, 0.05) is 19.3 Å². The van der Waals surface area contributed by atoms with Crippen molar-refractivity contribution in [2.24, 2.45) is 0 Å². The maximum atomic E-state index is 5.53. The van der Waals surface area contributed by atoms with Gasteiger partial charge in [-0.05, 0) is 19.8 Å². The monoisotopic (exact) mass is 207 g/mol. The van der Waals surface area contributed by atoms with Crippen LogP contribution in [0.15, 0.2) is 12.4 Å². The summed E-state index contributed by atoms with van der Waals surface area (Å²) in [6, 6.07) is 0.678. The Balaban J connectivity index is 1.73. The van der Waals surface area contributed by atoms with Crippen LogP contribution in [0.5, 0.6) is 0 Å². The second-order valence-corrected chi connectivity index (χ2v) is 4.54. The van der Waals surface area contributed by atoms with Gasteiger partial charge in [-0.15, -0.1) is 0 Å². The average Bonchev–Trinajstić information content (AvgIpc) is 2.97. The van der Waals surface area contributed by atoms with E-state index in [1.54, 1.807) is 0 Å². The average molecular weight is 207 g/mol. The van der Waals surface area contributed by atoms with Crippen LogP contribution in [0.25, 0.3) is 0 Å². The fraction of sp³-hybridized carbons (Fsp3) is 0.727. The lowest BCUT2D eigenvalue weighted by Gasteiger charge is -2.31. The second-order valence-electron chi connectivity index (χ2n) is 4.54. The Morgan fingerprint density at radius 3 is 3.07 bits per heavy atom. The molecule has 2 heterocycles. The zero-order valence-electron chi connectivity index (χ0n) is 9.09. The van der Waals surface area contributed by atoms with Crippen LogP contribution >= 0.6 is 0 Å². The van der Waals surface area contributed by atoms with E-state index in [2.05, 4.69) is 27.8 Å². The van der Waals surface area contributed by atoms with E-state index < -0.39 is 0 Å². The molecule has 2 fully saturated rings. The third kappa shape index (κ3) is 1.86. The molecule has 0 bridgehead atoms. The van der Waals surface area contributed by atoms with Gasteiger partial charge in [-0.25, -0.2) is 0 Å². The van der Waals surface area contributed by atoms with Gasteiger partial charge >= 0.3 is 0 Å². The first kappa shape index (κ1) is 9.21. The molecule has 1 aromatic rings. The molecule has 0 radical (unpaired) electrons. The summed E-state index contributed by atoms with van der Waals surface area (Å²) in [6.07, 6.45) is 7.08. The topological polar surface area (TPSA) is 30.3 Å². The minimum absolute atomic E-state index is 0.336. The third-order valence-electron chi connectivity index (χ3n) is 3.12. The fourth-order valence-corrected chi connectivity index (χ4v) is 2.08. The molecule has 0 N–H and O–H groups in total. The summed E-state index contributed by atoms with van der Waals surface area (Å²) < 4.78 is 7.63. The number of ether oxygens (including phenoxy) is 1. The summed E-state index contributed by atoms with van der Waals surface area (Å²) >= 11 is 0. The van der Waals surface area contributed by atoms with E-state index >= 15 is 0 Å². The van der Waals surface area contributed by atoms with Crippen LogP contribution in [0.2, 0.25) is 0 Å². The highest BCUT2D eigenvalue weighted by atomic mass is 16.5. The molecule has 1 aromatic heterocycles. The van der Waals surface area contributed by atoms with E-state index in [1.807, 2.05) is 6.20 Å². The SMILES string of the molecule is CC1CN(c2cnn(C3CC3)c2)CCO1. The van der Waals surface area contributed by atoms with Gasteiger partial charge in [0.2, 0.25) is 0 Å². The lowest BCUT2D eigenvalue weighted by atomic mass is 10.3. The maximum absolute atomic E-state index is 5.53. The Morgan fingerprint density at radius 2 is 2.33 bits per heavy atom. The first-order valence-electron chi connectivity index (χ1n) is 5.73. The van der Waals surface area contributed by atoms with Crippen molar-refractivity contribution >= 4 is 5.69 Å². The first-order chi connectivity index (χ1) is 7.33. The number of aromatic nitrogens is 2. The Hall–Kier alpha value is -1.03. The van der Waals surface area contributed by atoms with Gasteiger partial charge in [-0.1, -0.05) is 0 Å². The van der Waals surface area contributed by atoms with E-state index in [4.69, 9.17) is 4.74 Å². The predicted molar refractivity (Wildman–Crippen MR) is 58.1 cm³/mol. The summed E-state index contributed by atoms with van der Waals surface area (Å²) in [5.41, 5.74) is 1.25. The summed E-state index contributed by atoms with van der Waals surface area (Å²) in [5, 5.41) is 4.41. The zero-order valence-corrected chi connectivity index (χ0v) is 9.09.